The normalized spacial score (nSPS) is 10.0. The van der Waals surface area contributed by atoms with Crippen LogP contribution in [0, 0.1) is 6.92 Å². The molecule has 0 N–H and O–H groups in total. The Morgan fingerprint density at radius 2 is 2.17 bits per heavy atom. The highest BCUT2D eigenvalue weighted by molar-refractivity contribution is 5.70. The maximum atomic E-state index is 11.1. The van der Waals surface area contributed by atoms with Gasteiger partial charge < -0.3 is 14.4 Å². The number of anilines is 1. The lowest BCUT2D eigenvalue weighted by Crippen LogP contribution is -2.23. The van der Waals surface area contributed by atoms with Crippen LogP contribution in [-0.4, -0.2) is 43.2 Å². The van der Waals surface area contributed by atoms with Crippen LogP contribution >= 0.6 is 0 Å². The molecule has 0 amide bonds. The van der Waals surface area contributed by atoms with Crippen LogP contribution in [0.3, 0.4) is 0 Å². The van der Waals surface area contributed by atoms with Crippen molar-refractivity contribution in [3.8, 4) is 5.88 Å². The molecule has 6 heteroatoms. The topological polar surface area (TPSA) is 64.6 Å². The number of hydrogen-bond donors (Lipinski definition) is 0. The van der Waals surface area contributed by atoms with E-state index in [1.165, 1.54) is 13.4 Å². The van der Waals surface area contributed by atoms with Gasteiger partial charge in [0.1, 0.15) is 12.1 Å². The van der Waals surface area contributed by atoms with Crippen LogP contribution in [0.15, 0.2) is 6.33 Å². The van der Waals surface area contributed by atoms with Gasteiger partial charge >= 0.3 is 5.97 Å². The maximum absolute atomic E-state index is 11.1. The third-order valence-electron chi connectivity index (χ3n) is 2.53. The monoisotopic (exact) mass is 253 g/mol. The maximum Gasteiger partial charge on any atom is 0.307 e. The van der Waals surface area contributed by atoms with Crippen molar-refractivity contribution in [1.29, 1.82) is 0 Å². The van der Waals surface area contributed by atoms with Crippen LogP contribution in [-0.2, 0) is 9.53 Å². The summed E-state index contributed by atoms with van der Waals surface area (Å²) in [6.45, 7) is 4.90. The smallest absolute Gasteiger partial charge is 0.307 e. The molecule has 0 aliphatic heterocycles. The van der Waals surface area contributed by atoms with Crippen molar-refractivity contribution in [2.75, 3.05) is 32.2 Å². The van der Waals surface area contributed by atoms with Gasteiger partial charge in [-0.15, -0.1) is 0 Å². The number of esters is 1. The first-order valence-electron chi connectivity index (χ1n) is 5.82. The van der Waals surface area contributed by atoms with E-state index >= 15 is 0 Å². The summed E-state index contributed by atoms with van der Waals surface area (Å²) in [5.74, 6) is 1.10. The predicted octanol–water partition coefficient (Wildman–Crippen LogP) is 1.18. The molecule has 100 valence electrons. The lowest BCUT2D eigenvalue weighted by atomic mass is 10.3. The van der Waals surface area contributed by atoms with Crippen molar-refractivity contribution in [3.63, 3.8) is 0 Å². The highest BCUT2D eigenvalue weighted by Crippen LogP contribution is 2.22. The van der Waals surface area contributed by atoms with E-state index in [1.54, 1.807) is 0 Å². The number of carbonyl (C=O) groups excluding carboxylic acids is 1. The zero-order chi connectivity index (χ0) is 13.5. The summed E-state index contributed by atoms with van der Waals surface area (Å²) in [6, 6.07) is 0. The minimum absolute atomic E-state index is 0.237. The number of aromatic nitrogens is 2. The van der Waals surface area contributed by atoms with Crippen LogP contribution in [0.2, 0.25) is 0 Å². The van der Waals surface area contributed by atoms with E-state index in [4.69, 9.17) is 4.74 Å². The molecule has 1 heterocycles. The third-order valence-corrected chi connectivity index (χ3v) is 2.53. The summed E-state index contributed by atoms with van der Waals surface area (Å²) < 4.78 is 10.0. The molecule has 6 nitrogen and oxygen atoms in total. The van der Waals surface area contributed by atoms with E-state index in [2.05, 4.69) is 14.7 Å². The van der Waals surface area contributed by atoms with Gasteiger partial charge in [0.25, 0.3) is 0 Å². The van der Waals surface area contributed by atoms with Crippen molar-refractivity contribution in [1.82, 2.24) is 9.97 Å². The first-order valence-corrected chi connectivity index (χ1v) is 5.82. The van der Waals surface area contributed by atoms with Crippen molar-refractivity contribution in [2.24, 2.45) is 0 Å². The van der Waals surface area contributed by atoms with Crippen LogP contribution in [0.25, 0.3) is 0 Å². The molecule has 0 bridgehead atoms. The van der Waals surface area contributed by atoms with E-state index in [0.717, 1.165) is 11.4 Å². The average molecular weight is 253 g/mol. The summed E-state index contributed by atoms with van der Waals surface area (Å²) in [4.78, 5) is 21.3. The summed E-state index contributed by atoms with van der Waals surface area (Å²) in [6.07, 6.45) is 1.78. The zero-order valence-corrected chi connectivity index (χ0v) is 11.3. The second-order valence-electron chi connectivity index (χ2n) is 3.81. The van der Waals surface area contributed by atoms with Crippen LogP contribution in [0.1, 0.15) is 18.9 Å². The Bertz CT molecular complexity index is 410. The Morgan fingerprint density at radius 3 is 2.78 bits per heavy atom. The molecule has 0 aliphatic carbocycles. The third kappa shape index (κ3) is 3.58. The van der Waals surface area contributed by atoms with Crippen LogP contribution in [0.5, 0.6) is 5.88 Å². The lowest BCUT2D eigenvalue weighted by molar-refractivity contribution is -0.140. The fourth-order valence-electron chi connectivity index (χ4n) is 1.56. The molecule has 0 unspecified atom stereocenters. The van der Waals surface area contributed by atoms with Crippen molar-refractivity contribution < 1.29 is 14.3 Å². The Hall–Kier alpha value is -1.85. The molecule has 0 aromatic carbocycles. The standard InChI is InChI=1S/C12H19N3O3/c1-5-18-12-9(2)11(13-8-14-12)15(3)7-6-10(16)17-4/h8H,5-7H2,1-4H3. The van der Waals surface area contributed by atoms with Gasteiger partial charge in [-0.25, -0.2) is 9.97 Å². The van der Waals surface area contributed by atoms with Crippen LogP contribution in [0.4, 0.5) is 5.82 Å². The minimum Gasteiger partial charge on any atom is -0.478 e. The fraction of sp³-hybridized carbons (Fsp3) is 0.583. The van der Waals surface area contributed by atoms with Crippen molar-refractivity contribution in [2.45, 2.75) is 20.3 Å². The Labute approximate surface area is 107 Å². The minimum atomic E-state index is -0.237. The first-order chi connectivity index (χ1) is 8.60. The Balaban J connectivity index is 2.76. The zero-order valence-electron chi connectivity index (χ0n) is 11.3. The van der Waals surface area contributed by atoms with Gasteiger partial charge in [-0.1, -0.05) is 0 Å². The molecule has 1 aromatic rings. The molecule has 0 fully saturated rings. The number of carbonyl (C=O) groups is 1. The summed E-state index contributed by atoms with van der Waals surface area (Å²) >= 11 is 0. The molecule has 0 spiro atoms. The molecule has 1 aromatic heterocycles. The highest BCUT2D eigenvalue weighted by atomic mass is 16.5. The number of ether oxygens (including phenoxy) is 2. The number of hydrogen-bond acceptors (Lipinski definition) is 6. The lowest BCUT2D eigenvalue weighted by Gasteiger charge is -2.20. The molecule has 18 heavy (non-hydrogen) atoms. The molecule has 0 aliphatic rings. The largest absolute Gasteiger partial charge is 0.478 e. The summed E-state index contributed by atoms with van der Waals surface area (Å²) in [7, 11) is 3.25. The van der Waals surface area contributed by atoms with Crippen molar-refractivity contribution >= 4 is 11.8 Å². The summed E-state index contributed by atoms with van der Waals surface area (Å²) in [5.41, 5.74) is 0.867. The fourth-order valence-corrected chi connectivity index (χ4v) is 1.56. The van der Waals surface area contributed by atoms with Gasteiger partial charge in [-0.05, 0) is 13.8 Å². The molecular formula is C12H19N3O3. The molecule has 0 saturated heterocycles. The molecular weight excluding hydrogens is 234 g/mol. The second-order valence-corrected chi connectivity index (χ2v) is 3.81. The average Bonchev–Trinajstić information content (AvgIpc) is 2.38. The van der Waals surface area contributed by atoms with Gasteiger partial charge in [0, 0.05) is 13.6 Å². The number of nitrogens with zero attached hydrogens (tertiary/aromatic N) is 3. The van der Waals surface area contributed by atoms with Gasteiger partial charge in [0.2, 0.25) is 5.88 Å². The Kier molecular flexibility index (Phi) is 5.35. The first kappa shape index (κ1) is 14.2. The van der Waals surface area contributed by atoms with Gasteiger partial charge in [-0.3, -0.25) is 4.79 Å². The number of methoxy groups -OCH3 is 1. The van der Waals surface area contributed by atoms with Gasteiger partial charge in [0.05, 0.1) is 25.7 Å². The van der Waals surface area contributed by atoms with E-state index in [-0.39, 0.29) is 5.97 Å². The second kappa shape index (κ2) is 6.78. The summed E-state index contributed by atoms with van der Waals surface area (Å²) in [5, 5.41) is 0. The molecule has 0 saturated carbocycles. The number of rotatable bonds is 6. The van der Waals surface area contributed by atoms with Gasteiger partial charge in [0.15, 0.2) is 0 Å². The van der Waals surface area contributed by atoms with Crippen molar-refractivity contribution in [3.05, 3.63) is 11.9 Å². The van der Waals surface area contributed by atoms with E-state index in [0.29, 0.717) is 25.5 Å². The quantitative estimate of drug-likeness (QED) is 0.709. The predicted molar refractivity (Wildman–Crippen MR) is 67.8 cm³/mol. The Morgan fingerprint density at radius 1 is 1.44 bits per heavy atom. The molecule has 0 atom stereocenters. The van der Waals surface area contributed by atoms with E-state index < -0.39 is 0 Å². The highest BCUT2D eigenvalue weighted by Gasteiger charge is 2.13. The van der Waals surface area contributed by atoms with Crippen LogP contribution < -0.4 is 9.64 Å². The molecule has 0 radical (unpaired) electrons. The van der Waals surface area contributed by atoms with E-state index in [1.807, 2.05) is 25.8 Å². The molecule has 1 rings (SSSR count). The SMILES string of the molecule is CCOc1ncnc(N(C)CCC(=O)OC)c1C. The van der Waals surface area contributed by atoms with E-state index in [9.17, 15) is 4.79 Å². The van der Waals surface area contributed by atoms with Gasteiger partial charge in [-0.2, -0.15) is 0 Å².